The van der Waals surface area contributed by atoms with Crippen molar-refractivity contribution in [3.63, 3.8) is 0 Å². The van der Waals surface area contributed by atoms with Crippen LogP contribution in [0.5, 0.6) is 5.75 Å². The number of rotatable bonds is 4. The van der Waals surface area contributed by atoms with Crippen LogP contribution in [0.15, 0.2) is 47.8 Å². The first-order chi connectivity index (χ1) is 13.1. The summed E-state index contributed by atoms with van der Waals surface area (Å²) in [5, 5.41) is 8.35. The number of anilines is 2. The van der Waals surface area contributed by atoms with Crippen molar-refractivity contribution in [1.82, 2.24) is 4.98 Å². The molecule has 0 unspecified atom stereocenters. The van der Waals surface area contributed by atoms with Crippen LogP contribution in [0.1, 0.15) is 11.3 Å². The third-order valence-electron chi connectivity index (χ3n) is 4.09. The summed E-state index contributed by atoms with van der Waals surface area (Å²) in [4.78, 5) is 28.3. The molecule has 0 radical (unpaired) electrons. The lowest BCUT2D eigenvalue weighted by molar-refractivity contribution is -0.118. The van der Waals surface area contributed by atoms with Crippen molar-refractivity contribution in [2.24, 2.45) is 0 Å². The molecule has 0 saturated carbocycles. The lowest BCUT2D eigenvalue weighted by Gasteiger charge is -2.18. The highest BCUT2D eigenvalue weighted by Gasteiger charge is 2.17. The lowest BCUT2D eigenvalue weighted by atomic mass is 10.2. The standard InChI is InChI=1S/C20H17N3O3S/c1-12-2-4-13(5-3-12)20-22-15(11-27-20)9-18(24)21-14-6-7-17-16(8-14)23-19(25)10-26-17/h2-8,11H,9-10H2,1H3,(H,21,24)(H,23,25). The first-order valence-electron chi connectivity index (χ1n) is 8.45. The van der Waals surface area contributed by atoms with Gasteiger partial charge in [0.05, 0.1) is 17.8 Å². The van der Waals surface area contributed by atoms with E-state index in [0.717, 1.165) is 16.3 Å². The molecule has 7 heteroatoms. The highest BCUT2D eigenvalue weighted by molar-refractivity contribution is 7.13. The summed E-state index contributed by atoms with van der Waals surface area (Å²) >= 11 is 1.52. The van der Waals surface area contributed by atoms with Crippen LogP contribution in [-0.2, 0) is 16.0 Å². The predicted octanol–water partition coefficient (Wildman–Crippen LogP) is 3.63. The van der Waals surface area contributed by atoms with Crippen LogP contribution in [0.4, 0.5) is 11.4 Å². The number of fused-ring (bicyclic) bond motifs is 1. The number of aromatic nitrogens is 1. The van der Waals surface area contributed by atoms with E-state index in [1.807, 2.05) is 36.6 Å². The number of nitrogens with zero attached hydrogens (tertiary/aromatic N) is 1. The number of ether oxygens (including phenoxy) is 1. The molecule has 136 valence electrons. The van der Waals surface area contributed by atoms with Gasteiger partial charge in [-0.1, -0.05) is 29.8 Å². The van der Waals surface area contributed by atoms with Gasteiger partial charge in [0.1, 0.15) is 10.8 Å². The summed E-state index contributed by atoms with van der Waals surface area (Å²) in [6, 6.07) is 13.3. The molecule has 4 rings (SSSR count). The van der Waals surface area contributed by atoms with Crippen LogP contribution in [0, 0.1) is 6.92 Å². The number of nitrogens with one attached hydrogen (secondary N) is 2. The van der Waals surface area contributed by atoms with Crippen LogP contribution >= 0.6 is 11.3 Å². The molecule has 1 aliphatic rings. The lowest BCUT2D eigenvalue weighted by Crippen LogP contribution is -2.25. The van der Waals surface area contributed by atoms with E-state index < -0.39 is 0 Å². The Morgan fingerprint density at radius 1 is 1.26 bits per heavy atom. The topological polar surface area (TPSA) is 80.3 Å². The van der Waals surface area contributed by atoms with E-state index in [4.69, 9.17) is 4.74 Å². The predicted molar refractivity (Wildman–Crippen MR) is 105 cm³/mol. The average molecular weight is 379 g/mol. The van der Waals surface area contributed by atoms with E-state index in [0.29, 0.717) is 17.1 Å². The van der Waals surface area contributed by atoms with Gasteiger partial charge >= 0.3 is 0 Å². The number of aryl methyl sites for hydroxylation is 1. The highest BCUT2D eigenvalue weighted by Crippen LogP contribution is 2.30. The molecule has 0 atom stereocenters. The van der Waals surface area contributed by atoms with Crippen molar-refractivity contribution in [1.29, 1.82) is 0 Å². The molecule has 0 saturated heterocycles. The maximum atomic E-state index is 12.3. The van der Waals surface area contributed by atoms with Crippen LogP contribution in [0.2, 0.25) is 0 Å². The minimum atomic E-state index is -0.211. The summed E-state index contributed by atoms with van der Waals surface area (Å²) < 4.78 is 5.31. The number of amides is 2. The van der Waals surface area contributed by atoms with Gasteiger partial charge in [0.15, 0.2) is 6.61 Å². The molecule has 0 bridgehead atoms. The monoisotopic (exact) mass is 379 g/mol. The second-order valence-corrected chi connectivity index (χ2v) is 7.14. The zero-order valence-electron chi connectivity index (χ0n) is 14.6. The van der Waals surface area contributed by atoms with Crippen molar-refractivity contribution >= 4 is 34.5 Å². The van der Waals surface area contributed by atoms with Crippen LogP contribution in [0.25, 0.3) is 10.6 Å². The summed E-state index contributed by atoms with van der Waals surface area (Å²) in [6.45, 7) is 2.05. The maximum Gasteiger partial charge on any atom is 0.262 e. The van der Waals surface area contributed by atoms with Crippen molar-refractivity contribution in [3.8, 4) is 16.3 Å². The van der Waals surface area contributed by atoms with Gasteiger partial charge in [-0.05, 0) is 25.1 Å². The van der Waals surface area contributed by atoms with E-state index in [9.17, 15) is 9.59 Å². The summed E-state index contributed by atoms with van der Waals surface area (Å²) in [7, 11) is 0. The Kier molecular flexibility index (Phi) is 4.60. The maximum absolute atomic E-state index is 12.3. The molecule has 0 fully saturated rings. The number of benzene rings is 2. The average Bonchev–Trinajstić information content (AvgIpc) is 3.10. The van der Waals surface area contributed by atoms with E-state index in [1.54, 1.807) is 18.2 Å². The normalized spacial score (nSPS) is 12.7. The van der Waals surface area contributed by atoms with Gasteiger partial charge in [0, 0.05) is 16.6 Å². The van der Waals surface area contributed by atoms with Gasteiger partial charge in [-0.2, -0.15) is 0 Å². The molecular weight excluding hydrogens is 362 g/mol. The Balaban J connectivity index is 1.42. The third kappa shape index (κ3) is 3.98. The van der Waals surface area contributed by atoms with E-state index in [-0.39, 0.29) is 24.8 Å². The Morgan fingerprint density at radius 2 is 2.07 bits per heavy atom. The molecule has 2 amide bonds. The van der Waals surface area contributed by atoms with Crippen LogP contribution in [-0.4, -0.2) is 23.4 Å². The van der Waals surface area contributed by atoms with Crippen molar-refractivity contribution in [2.75, 3.05) is 17.2 Å². The van der Waals surface area contributed by atoms with Gasteiger partial charge in [0.25, 0.3) is 5.91 Å². The van der Waals surface area contributed by atoms with Gasteiger partial charge in [-0.25, -0.2) is 4.98 Å². The Morgan fingerprint density at radius 3 is 2.89 bits per heavy atom. The van der Waals surface area contributed by atoms with Crippen LogP contribution in [0.3, 0.4) is 0 Å². The quantitative estimate of drug-likeness (QED) is 0.725. The largest absolute Gasteiger partial charge is 0.482 e. The fraction of sp³-hybridized carbons (Fsp3) is 0.150. The molecule has 1 aromatic heterocycles. The molecule has 1 aliphatic heterocycles. The molecular formula is C20H17N3O3S. The van der Waals surface area contributed by atoms with E-state index in [2.05, 4.69) is 15.6 Å². The highest BCUT2D eigenvalue weighted by atomic mass is 32.1. The first-order valence-corrected chi connectivity index (χ1v) is 9.33. The van der Waals surface area contributed by atoms with Gasteiger partial charge in [-0.3, -0.25) is 9.59 Å². The third-order valence-corrected chi connectivity index (χ3v) is 5.03. The van der Waals surface area contributed by atoms with E-state index in [1.165, 1.54) is 16.9 Å². The second kappa shape index (κ2) is 7.20. The van der Waals surface area contributed by atoms with Crippen molar-refractivity contribution in [3.05, 3.63) is 59.1 Å². The molecule has 3 aromatic rings. The summed E-state index contributed by atoms with van der Waals surface area (Å²) in [6.07, 6.45) is 0.183. The van der Waals surface area contributed by atoms with Gasteiger partial charge in [0.2, 0.25) is 5.91 Å². The zero-order valence-corrected chi connectivity index (χ0v) is 15.4. The molecule has 2 N–H and O–H groups in total. The van der Waals surface area contributed by atoms with Gasteiger partial charge < -0.3 is 15.4 Å². The molecule has 2 aromatic carbocycles. The smallest absolute Gasteiger partial charge is 0.262 e. The van der Waals surface area contributed by atoms with E-state index >= 15 is 0 Å². The molecule has 0 aliphatic carbocycles. The number of thiazole rings is 1. The Labute approximate surface area is 160 Å². The summed E-state index contributed by atoms with van der Waals surface area (Å²) in [5.74, 6) is 0.214. The number of carbonyl (C=O) groups excluding carboxylic acids is 2. The SMILES string of the molecule is Cc1ccc(-c2nc(CC(=O)Nc3ccc4c(c3)NC(=O)CO4)cs2)cc1. The summed E-state index contributed by atoms with van der Waals surface area (Å²) in [5.41, 5.74) is 4.12. The second-order valence-electron chi connectivity index (χ2n) is 6.28. The van der Waals surface area contributed by atoms with Crippen molar-refractivity contribution in [2.45, 2.75) is 13.3 Å². The fourth-order valence-corrected chi connectivity index (χ4v) is 3.57. The zero-order chi connectivity index (χ0) is 18.8. The van der Waals surface area contributed by atoms with Crippen LogP contribution < -0.4 is 15.4 Å². The molecule has 27 heavy (non-hydrogen) atoms. The minimum Gasteiger partial charge on any atom is -0.482 e. The minimum absolute atomic E-state index is 0.00580. The Bertz CT molecular complexity index is 1010. The molecule has 0 spiro atoms. The number of carbonyl (C=O) groups is 2. The molecule has 6 nitrogen and oxygen atoms in total. The van der Waals surface area contributed by atoms with Gasteiger partial charge in [-0.15, -0.1) is 11.3 Å². The number of hydrogen-bond acceptors (Lipinski definition) is 5. The number of hydrogen-bond donors (Lipinski definition) is 2. The first kappa shape index (κ1) is 17.2. The van der Waals surface area contributed by atoms with Crippen molar-refractivity contribution < 1.29 is 14.3 Å². The fourth-order valence-electron chi connectivity index (χ4n) is 2.75. The Hall–Kier alpha value is -3.19. The molecule has 2 heterocycles.